The van der Waals surface area contributed by atoms with Gasteiger partial charge in [-0.25, -0.2) is 0 Å². The van der Waals surface area contributed by atoms with Gasteiger partial charge in [0.1, 0.15) is 5.75 Å². The lowest BCUT2D eigenvalue weighted by Crippen LogP contribution is -2.44. The fraction of sp³-hybridized carbons (Fsp3) is 0.667. The number of hydrogen-bond acceptors (Lipinski definition) is 4. The van der Waals surface area contributed by atoms with Crippen LogP contribution < -0.4 is 10.1 Å². The Kier molecular flexibility index (Phi) is 7.32. The van der Waals surface area contributed by atoms with E-state index in [1.165, 1.54) is 24.8 Å². The molecule has 2 fully saturated rings. The van der Waals surface area contributed by atoms with E-state index in [4.69, 9.17) is 9.47 Å². The van der Waals surface area contributed by atoms with Gasteiger partial charge in [0.2, 0.25) is 5.91 Å². The van der Waals surface area contributed by atoms with Crippen molar-refractivity contribution < 1.29 is 14.3 Å². The van der Waals surface area contributed by atoms with Crippen LogP contribution in [0.25, 0.3) is 0 Å². The van der Waals surface area contributed by atoms with Crippen molar-refractivity contribution >= 4 is 5.91 Å². The molecule has 0 saturated carbocycles. The minimum absolute atomic E-state index is 0.161. The van der Waals surface area contributed by atoms with Crippen molar-refractivity contribution in [3.05, 3.63) is 29.8 Å². The van der Waals surface area contributed by atoms with Gasteiger partial charge < -0.3 is 19.7 Å². The molecule has 3 rings (SSSR count). The van der Waals surface area contributed by atoms with E-state index in [1.807, 2.05) is 12.1 Å². The average Bonchev–Trinajstić information content (AvgIpc) is 2.70. The number of carbonyl (C=O) groups is 1. The molecule has 5 heteroatoms. The molecular weight excluding hydrogens is 328 g/mol. The van der Waals surface area contributed by atoms with E-state index in [1.54, 1.807) is 7.11 Å². The number of piperidine rings is 1. The average molecular weight is 360 g/mol. The third kappa shape index (κ3) is 5.71. The number of methoxy groups -OCH3 is 1. The van der Waals surface area contributed by atoms with Crippen LogP contribution in [-0.4, -0.2) is 56.8 Å². The molecule has 2 heterocycles. The first-order chi connectivity index (χ1) is 12.7. The van der Waals surface area contributed by atoms with Gasteiger partial charge >= 0.3 is 0 Å². The highest BCUT2D eigenvalue weighted by Crippen LogP contribution is 2.20. The molecule has 1 amide bonds. The molecule has 26 heavy (non-hydrogen) atoms. The van der Waals surface area contributed by atoms with Crippen molar-refractivity contribution in [3.63, 3.8) is 0 Å². The maximum atomic E-state index is 12.4. The number of amides is 1. The van der Waals surface area contributed by atoms with E-state index in [-0.39, 0.29) is 11.8 Å². The Morgan fingerprint density at radius 3 is 2.62 bits per heavy atom. The molecule has 2 saturated heterocycles. The maximum absolute atomic E-state index is 12.4. The number of rotatable bonds is 7. The van der Waals surface area contributed by atoms with E-state index >= 15 is 0 Å². The van der Waals surface area contributed by atoms with Crippen molar-refractivity contribution in [2.45, 2.75) is 44.6 Å². The third-order valence-electron chi connectivity index (χ3n) is 5.57. The Hall–Kier alpha value is -1.59. The van der Waals surface area contributed by atoms with Gasteiger partial charge in [-0.15, -0.1) is 0 Å². The molecule has 1 N–H and O–H groups in total. The molecular formula is C21H32N2O3. The summed E-state index contributed by atoms with van der Waals surface area (Å²) >= 11 is 0. The fourth-order valence-electron chi connectivity index (χ4n) is 3.88. The molecule has 5 nitrogen and oxygen atoms in total. The third-order valence-corrected chi connectivity index (χ3v) is 5.57. The Bertz CT molecular complexity index is 547. The number of nitrogens with zero attached hydrogens (tertiary/aromatic N) is 1. The second-order valence-corrected chi connectivity index (χ2v) is 7.45. The molecule has 2 aliphatic heterocycles. The predicted octanol–water partition coefficient (Wildman–Crippen LogP) is 2.64. The van der Waals surface area contributed by atoms with Gasteiger partial charge in [0.05, 0.1) is 13.2 Å². The van der Waals surface area contributed by atoms with Gasteiger partial charge in [0.15, 0.2) is 0 Å². The SMILES string of the molecule is COc1ccc(CCNC(=O)C2CCN(CC3CCCCO3)CC2)cc1. The standard InChI is InChI=1S/C21H32N2O3/c1-25-19-7-5-17(6-8-19)9-12-22-21(24)18-10-13-23(14-11-18)16-20-4-2-3-15-26-20/h5-8,18,20H,2-4,9-16H2,1H3,(H,22,24). The topological polar surface area (TPSA) is 50.8 Å². The zero-order valence-corrected chi connectivity index (χ0v) is 15.9. The van der Waals surface area contributed by atoms with Crippen LogP contribution >= 0.6 is 0 Å². The van der Waals surface area contributed by atoms with E-state index < -0.39 is 0 Å². The zero-order valence-electron chi connectivity index (χ0n) is 15.9. The Morgan fingerprint density at radius 2 is 1.96 bits per heavy atom. The molecule has 0 aromatic heterocycles. The van der Waals surface area contributed by atoms with Crippen molar-refractivity contribution in [1.29, 1.82) is 0 Å². The summed E-state index contributed by atoms with van der Waals surface area (Å²) in [6.45, 7) is 4.66. The van der Waals surface area contributed by atoms with Crippen molar-refractivity contribution in [1.82, 2.24) is 10.2 Å². The molecule has 1 unspecified atom stereocenters. The first kappa shape index (κ1) is 19.2. The van der Waals surface area contributed by atoms with Gasteiger partial charge in [0.25, 0.3) is 0 Å². The Labute approximate surface area is 157 Å². The number of carbonyl (C=O) groups excluding carboxylic acids is 1. The van der Waals surface area contributed by atoms with E-state index in [9.17, 15) is 4.79 Å². The normalized spacial score (nSPS) is 22.1. The van der Waals surface area contributed by atoms with Crippen LogP contribution in [0.4, 0.5) is 0 Å². The second kappa shape index (κ2) is 9.93. The van der Waals surface area contributed by atoms with Gasteiger partial charge in [-0.3, -0.25) is 4.79 Å². The number of benzene rings is 1. The molecule has 1 aromatic carbocycles. The highest BCUT2D eigenvalue weighted by molar-refractivity contribution is 5.78. The molecule has 0 spiro atoms. The van der Waals surface area contributed by atoms with Gasteiger partial charge in [-0.2, -0.15) is 0 Å². The summed E-state index contributed by atoms with van der Waals surface area (Å²) in [4.78, 5) is 14.9. The van der Waals surface area contributed by atoms with Gasteiger partial charge in [-0.05, 0) is 69.3 Å². The van der Waals surface area contributed by atoms with Crippen LogP contribution in [0, 0.1) is 5.92 Å². The van der Waals surface area contributed by atoms with Crippen molar-refractivity contribution in [2.75, 3.05) is 39.9 Å². The maximum Gasteiger partial charge on any atom is 0.223 e. The highest BCUT2D eigenvalue weighted by Gasteiger charge is 2.26. The van der Waals surface area contributed by atoms with Crippen LogP contribution in [-0.2, 0) is 16.0 Å². The lowest BCUT2D eigenvalue weighted by Gasteiger charge is -2.34. The quantitative estimate of drug-likeness (QED) is 0.812. The van der Waals surface area contributed by atoms with Gasteiger partial charge in [-0.1, -0.05) is 12.1 Å². The first-order valence-electron chi connectivity index (χ1n) is 9.99. The van der Waals surface area contributed by atoms with E-state index in [0.717, 1.165) is 51.3 Å². The predicted molar refractivity (Wildman–Crippen MR) is 102 cm³/mol. The molecule has 1 aromatic rings. The highest BCUT2D eigenvalue weighted by atomic mass is 16.5. The lowest BCUT2D eigenvalue weighted by molar-refractivity contribution is -0.126. The summed E-state index contributed by atoms with van der Waals surface area (Å²) in [5.74, 6) is 1.24. The number of nitrogens with one attached hydrogen (secondary N) is 1. The number of ether oxygens (including phenoxy) is 2. The van der Waals surface area contributed by atoms with Crippen LogP contribution in [0.2, 0.25) is 0 Å². The largest absolute Gasteiger partial charge is 0.497 e. The van der Waals surface area contributed by atoms with Crippen molar-refractivity contribution in [2.24, 2.45) is 5.92 Å². The molecule has 0 bridgehead atoms. The molecule has 0 radical (unpaired) electrons. The minimum atomic E-state index is 0.161. The smallest absolute Gasteiger partial charge is 0.223 e. The summed E-state index contributed by atoms with van der Waals surface area (Å²) in [7, 11) is 1.67. The number of hydrogen-bond donors (Lipinski definition) is 1. The zero-order chi connectivity index (χ0) is 18.2. The number of likely N-dealkylation sites (tertiary alicyclic amines) is 1. The Balaban J connectivity index is 1.32. The molecule has 144 valence electrons. The molecule has 1 atom stereocenters. The van der Waals surface area contributed by atoms with Crippen LogP contribution in [0.1, 0.15) is 37.7 Å². The molecule has 2 aliphatic rings. The summed E-state index contributed by atoms with van der Waals surface area (Å²) in [5.41, 5.74) is 1.22. The minimum Gasteiger partial charge on any atom is -0.497 e. The first-order valence-corrected chi connectivity index (χ1v) is 9.99. The summed E-state index contributed by atoms with van der Waals surface area (Å²) in [6.07, 6.45) is 6.85. The summed E-state index contributed by atoms with van der Waals surface area (Å²) < 4.78 is 11.0. The van der Waals surface area contributed by atoms with E-state index in [2.05, 4.69) is 22.3 Å². The Morgan fingerprint density at radius 1 is 1.19 bits per heavy atom. The summed E-state index contributed by atoms with van der Waals surface area (Å²) in [5, 5.41) is 3.11. The molecule has 0 aliphatic carbocycles. The summed E-state index contributed by atoms with van der Waals surface area (Å²) in [6, 6.07) is 8.03. The second-order valence-electron chi connectivity index (χ2n) is 7.45. The van der Waals surface area contributed by atoms with Crippen LogP contribution in [0.15, 0.2) is 24.3 Å². The monoisotopic (exact) mass is 360 g/mol. The fourth-order valence-corrected chi connectivity index (χ4v) is 3.88. The van der Waals surface area contributed by atoms with Crippen LogP contribution in [0.3, 0.4) is 0 Å². The van der Waals surface area contributed by atoms with E-state index in [0.29, 0.717) is 12.6 Å². The van der Waals surface area contributed by atoms with Crippen molar-refractivity contribution in [3.8, 4) is 5.75 Å². The van der Waals surface area contributed by atoms with Crippen LogP contribution in [0.5, 0.6) is 5.75 Å². The lowest BCUT2D eigenvalue weighted by atomic mass is 9.95. The van der Waals surface area contributed by atoms with Gasteiger partial charge in [0, 0.05) is 25.6 Å².